The van der Waals surface area contributed by atoms with Crippen molar-refractivity contribution < 1.29 is 23.5 Å². The summed E-state index contributed by atoms with van der Waals surface area (Å²) in [6.45, 7) is 2.41. The van der Waals surface area contributed by atoms with Crippen LogP contribution in [-0.4, -0.2) is 56.6 Å². The quantitative estimate of drug-likeness (QED) is 0.505. The fraction of sp³-hybridized carbons (Fsp3) is 0.345. The molecule has 204 valence electrons. The highest BCUT2D eigenvalue weighted by Gasteiger charge is 2.52. The Morgan fingerprint density at radius 3 is 2.59 bits per heavy atom. The molecule has 0 saturated carbocycles. The molecule has 1 unspecified atom stereocenters. The SMILES string of the molecule is CCC12Cn3cc(C(=O)NCc4ccc(F)cc4F)c(=O)c(O)c3C(=O)N1CC[C@H](Cc1ccccc1)N2C. The zero-order valence-corrected chi connectivity index (χ0v) is 21.8. The van der Waals surface area contributed by atoms with Crippen molar-refractivity contribution in [1.82, 2.24) is 19.7 Å². The number of pyridine rings is 1. The predicted octanol–water partition coefficient (Wildman–Crippen LogP) is 3.27. The third-order valence-corrected chi connectivity index (χ3v) is 8.10. The maximum atomic E-state index is 14.0. The number of carbonyl (C=O) groups is 2. The third kappa shape index (κ3) is 4.58. The Bertz CT molecular complexity index is 1490. The number of halogens is 2. The second-order valence-electron chi connectivity index (χ2n) is 10.2. The van der Waals surface area contributed by atoms with Gasteiger partial charge in [0, 0.05) is 37.0 Å². The number of amides is 2. The maximum Gasteiger partial charge on any atom is 0.276 e. The van der Waals surface area contributed by atoms with Crippen molar-refractivity contribution in [3.63, 3.8) is 0 Å². The summed E-state index contributed by atoms with van der Waals surface area (Å²) in [4.78, 5) is 43.5. The number of benzene rings is 2. The topological polar surface area (TPSA) is 94.9 Å². The van der Waals surface area contributed by atoms with Crippen molar-refractivity contribution in [3.05, 3.63) is 99.0 Å². The lowest BCUT2D eigenvalue weighted by Gasteiger charge is -2.58. The van der Waals surface area contributed by atoms with Crippen molar-refractivity contribution in [1.29, 1.82) is 0 Å². The Morgan fingerprint density at radius 2 is 1.90 bits per heavy atom. The van der Waals surface area contributed by atoms with E-state index in [-0.39, 0.29) is 36.0 Å². The summed E-state index contributed by atoms with van der Waals surface area (Å²) in [6, 6.07) is 13.2. The van der Waals surface area contributed by atoms with Crippen LogP contribution in [0.25, 0.3) is 0 Å². The summed E-state index contributed by atoms with van der Waals surface area (Å²) in [5.74, 6) is -3.68. The fourth-order valence-corrected chi connectivity index (χ4v) is 5.87. The minimum absolute atomic E-state index is 0.0380. The zero-order chi connectivity index (χ0) is 27.9. The first kappa shape index (κ1) is 26.6. The van der Waals surface area contributed by atoms with Crippen molar-refractivity contribution in [3.8, 4) is 5.75 Å². The minimum Gasteiger partial charge on any atom is -0.503 e. The first-order valence-electron chi connectivity index (χ1n) is 12.9. The van der Waals surface area contributed by atoms with E-state index in [1.54, 1.807) is 4.90 Å². The van der Waals surface area contributed by atoms with Gasteiger partial charge in [0.05, 0.1) is 6.54 Å². The van der Waals surface area contributed by atoms with Gasteiger partial charge in [-0.1, -0.05) is 43.3 Å². The zero-order valence-electron chi connectivity index (χ0n) is 21.8. The molecule has 0 spiro atoms. The molecule has 8 nitrogen and oxygen atoms in total. The number of likely N-dealkylation sites (N-methyl/N-ethyl adjacent to an activating group) is 1. The Labute approximate surface area is 224 Å². The normalized spacial score (nSPS) is 20.9. The highest BCUT2D eigenvalue weighted by molar-refractivity contribution is 5.99. The van der Waals surface area contributed by atoms with E-state index < -0.39 is 40.3 Å². The molecule has 2 aliphatic heterocycles. The van der Waals surface area contributed by atoms with E-state index in [1.165, 1.54) is 22.4 Å². The molecular weight excluding hydrogens is 506 g/mol. The van der Waals surface area contributed by atoms with Crippen LogP contribution in [0.4, 0.5) is 8.78 Å². The van der Waals surface area contributed by atoms with Gasteiger partial charge in [-0.15, -0.1) is 0 Å². The molecule has 1 aromatic heterocycles. The van der Waals surface area contributed by atoms with Gasteiger partial charge in [0.1, 0.15) is 22.9 Å². The molecule has 0 radical (unpaired) electrons. The third-order valence-electron chi connectivity index (χ3n) is 8.10. The summed E-state index contributed by atoms with van der Waals surface area (Å²) in [5, 5.41) is 13.2. The molecule has 10 heteroatoms. The van der Waals surface area contributed by atoms with Gasteiger partial charge in [-0.3, -0.25) is 19.3 Å². The fourth-order valence-electron chi connectivity index (χ4n) is 5.87. The van der Waals surface area contributed by atoms with E-state index in [0.717, 1.165) is 18.9 Å². The molecule has 1 fully saturated rings. The highest BCUT2D eigenvalue weighted by Crippen LogP contribution is 2.39. The molecule has 0 bridgehead atoms. The lowest BCUT2D eigenvalue weighted by Crippen LogP contribution is -2.71. The van der Waals surface area contributed by atoms with E-state index in [1.807, 2.05) is 32.2 Å². The molecule has 2 atom stereocenters. The number of hydrogen-bond donors (Lipinski definition) is 2. The summed E-state index contributed by atoms with van der Waals surface area (Å²) in [6.07, 6.45) is 3.40. The highest BCUT2D eigenvalue weighted by atomic mass is 19.1. The Kier molecular flexibility index (Phi) is 6.98. The second kappa shape index (κ2) is 10.3. The number of hydrogen-bond acceptors (Lipinski definition) is 5. The van der Waals surface area contributed by atoms with E-state index in [2.05, 4.69) is 22.3 Å². The molecule has 3 heterocycles. The van der Waals surface area contributed by atoms with Gasteiger partial charge in [-0.2, -0.15) is 0 Å². The standard InChI is InChI=1S/C29H30F2N4O4/c1-3-29-17-34-16-22(27(38)32-15-19-9-10-20(30)14-23(19)31)25(36)26(37)24(34)28(39)35(29)12-11-21(33(29)2)13-18-7-5-4-6-8-18/h4-10,14,16,21,37H,3,11-13,15,17H2,1-2H3,(H,32,38)/t21-,29?/m1/s1. The van der Waals surface area contributed by atoms with Crippen molar-refractivity contribution in [2.75, 3.05) is 13.6 Å². The van der Waals surface area contributed by atoms with Gasteiger partial charge in [-0.25, -0.2) is 8.78 Å². The minimum atomic E-state index is -0.983. The van der Waals surface area contributed by atoms with Gasteiger partial charge >= 0.3 is 0 Å². The molecule has 0 aliphatic carbocycles. The Hall–Kier alpha value is -4.05. The van der Waals surface area contributed by atoms with Crippen LogP contribution in [0.15, 0.2) is 59.5 Å². The molecule has 5 rings (SSSR count). The lowest BCUT2D eigenvalue weighted by atomic mass is 9.88. The number of rotatable bonds is 6. The number of nitrogens with zero attached hydrogens (tertiary/aromatic N) is 3. The summed E-state index contributed by atoms with van der Waals surface area (Å²) < 4.78 is 28.7. The average Bonchev–Trinajstić information content (AvgIpc) is 2.92. The van der Waals surface area contributed by atoms with Gasteiger partial charge in [0.15, 0.2) is 11.4 Å². The van der Waals surface area contributed by atoms with Gasteiger partial charge in [-0.05, 0) is 37.9 Å². The number of aromatic hydroxyl groups is 1. The largest absolute Gasteiger partial charge is 0.503 e. The van der Waals surface area contributed by atoms with Gasteiger partial charge in [0.2, 0.25) is 5.43 Å². The number of nitrogens with one attached hydrogen (secondary N) is 1. The number of fused-ring (bicyclic) bond motifs is 2. The summed E-state index contributed by atoms with van der Waals surface area (Å²) in [5.41, 5.74) is -1.01. The number of aromatic nitrogens is 1. The van der Waals surface area contributed by atoms with Crippen LogP contribution in [0.2, 0.25) is 0 Å². The van der Waals surface area contributed by atoms with Crippen LogP contribution in [0.1, 0.15) is 51.7 Å². The van der Waals surface area contributed by atoms with E-state index in [9.17, 15) is 28.3 Å². The van der Waals surface area contributed by atoms with E-state index >= 15 is 0 Å². The van der Waals surface area contributed by atoms with Gasteiger partial charge in [0.25, 0.3) is 11.8 Å². The summed E-state index contributed by atoms with van der Waals surface area (Å²) >= 11 is 0. The molecule has 2 N–H and O–H groups in total. The van der Waals surface area contributed by atoms with Crippen molar-refractivity contribution in [2.45, 2.75) is 51.0 Å². The first-order chi connectivity index (χ1) is 18.7. The van der Waals surface area contributed by atoms with E-state index in [4.69, 9.17) is 0 Å². The van der Waals surface area contributed by atoms with Crippen LogP contribution >= 0.6 is 0 Å². The predicted molar refractivity (Wildman–Crippen MR) is 140 cm³/mol. The first-order valence-corrected chi connectivity index (χ1v) is 12.9. The van der Waals surface area contributed by atoms with Crippen LogP contribution in [0, 0.1) is 11.6 Å². The molecular formula is C29H30F2N4O4. The molecule has 2 amide bonds. The molecule has 39 heavy (non-hydrogen) atoms. The lowest BCUT2D eigenvalue weighted by molar-refractivity contribution is -0.105. The second-order valence-corrected chi connectivity index (χ2v) is 10.2. The molecule has 2 aliphatic rings. The summed E-state index contributed by atoms with van der Waals surface area (Å²) in [7, 11) is 1.98. The molecule has 3 aromatic rings. The van der Waals surface area contributed by atoms with Crippen LogP contribution in [-0.2, 0) is 19.5 Å². The van der Waals surface area contributed by atoms with E-state index in [0.29, 0.717) is 19.0 Å². The molecule has 1 saturated heterocycles. The van der Waals surface area contributed by atoms with Crippen LogP contribution in [0.3, 0.4) is 0 Å². The average molecular weight is 537 g/mol. The number of carbonyl (C=O) groups excluding carboxylic acids is 2. The smallest absolute Gasteiger partial charge is 0.276 e. The monoisotopic (exact) mass is 536 g/mol. The van der Waals surface area contributed by atoms with Gasteiger partial charge < -0.3 is 19.9 Å². The Balaban J connectivity index is 1.45. The van der Waals surface area contributed by atoms with Crippen molar-refractivity contribution >= 4 is 11.8 Å². The Morgan fingerprint density at radius 1 is 1.15 bits per heavy atom. The van der Waals surface area contributed by atoms with Crippen LogP contribution < -0.4 is 10.7 Å². The van der Waals surface area contributed by atoms with Crippen molar-refractivity contribution in [2.24, 2.45) is 0 Å². The van der Waals surface area contributed by atoms with Crippen LogP contribution in [0.5, 0.6) is 5.75 Å². The molecule has 2 aromatic carbocycles. The maximum absolute atomic E-state index is 14.0.